The Morgan fingerprint density at radius 3 is 2.76 bits per heavy atom. The number of ether oxygens (including phenoxy) is 1. The molecular weight excluding hydrogens is 466 g/mol. The predicted octanol–water partition coefficient (Wildman–Crippen LogP) is 7.32. The third kappa shape index (κ3) is 4.26. The minimum Gasteiger partial charge on any atom is -0.493 e. The Morgan fingerprint density at radius 1 is 1.08 bits per heavy atom. The van der Waals surface area contributed by atoms with Gasteiger partial charge in [-0.3, -0.25) is 4.79 Å². The van der Waals surface area contributed by atoms with E-state index in [0.717, 1.165) is 87.1 Å². The second-order valence-corrected chi connectivity index (χ2v) is 9.71. The summed E-state index contributed by atoms with van der Waals surface area (Å²) in [6.45, 7) is 2.60. The van der Waals surface area contributed by atoms with Gasteiger partial charge in [0, 0.05) is 22.9 Å². The van der Waals surface area contributed by atoms with Crippen LogP contribution in [0.1, 0.15) is 54.6 Å². The lowest BCUT2D eigenvalue weighted by Crippen LogP contribution is -2.17. The topological polar surface area (TPSA) is 85.7 Å². The monoisotopic (exact) mass is 495 g/mol. The van der Waals surface area contributed by atoms with E-state index in [1.54, 1.807) is 0 Å². The van der Waals surface area contributed by atoms with Gasteiger partial charge in [0.05, 0.1) is 17.9 Å². The van der Waals surface area contributed by atoms with Crippen LogP contribution in [-0.4, -0.2) is 22.8 Å². The van der Waals surface area contributed by atoms with Gasteiger partial charge in [0.2, 0.25) is 0 Å². The molecule has 6 rings (SSSR count). The molecule has 0 saturated carbocycles. The van der Waals surface area contributed by atoms with Gasteiger partial charge in [-0.1, -0.05) is 54.9 Å². The molecule has 0 radical (unpaired) electrons. The Morgan fingerprint density at radius 2 is 1.95 bits per heavy atom. The van der Waals surface area contributed by atoms with E-state index in [1.165, 1.54) is 0 Å². The SMILES string of the molecule is CCCc1c(OCCc2cc3c4c(ccc3o2)C(C(=O)O)CCC4)ccc2c(-c3ccccc3)noc12. The zero-order chi connectivity index (χ0) is 25.4. The number of hydrogen-bond acceptors (Lipinski definition) is 5. The molecule has 188 valence electrons. The van der Waals surface area contributed by atoms with E-state index in [1.807, 2.05) is 54.6 Å². The maximum Gasteiger partial charge on any atom is 0.310 e. The molecule has 2 aromatic heterocycles. The Kier molecular flexibility index (Phi) is 6.16. The summed E-state index contributed by atoms with van der Waals surface area (Å²) in [7, 11) is 0. The summed E-state index contributed by atoms with van der Waals surface area (Å²) in [6, 6.07) is 20.0. The van der Waals surface area contributed by atoms with Crippen molar-refractivity contribution in [3.63, 3.8) is 0 Å². The first-order valence-electron chi connectivity index (χ1n) is 13.0. The number of carbonyl (C=O) groups is 1. The summed E-state index contributed by atoms with van der Waals surface area (Å²) in [5.74, 6) is 0.466. The summed E-state index contributed by atoms with van der Waals surface area (Å²) in [5.41, 5.74) is 6.53. The van der Waals surface area contributed by atoms with Crippen molar-refractivity contribution >= 4 is 27.9 Å². The second kappa shape index (κ2) is 9.77. The van der Waals surface area contributed by atoms with Gasteiger partial charge in [0.15, 0.2) is 5.58 Å². The van der Waals surface area contributed by atoms with Crippen LogP contribution in [-0.2, 0) is 24.1 Å². The fourth-order valence-electron chi connectivity index (χ4n) is 5.59. The maximum absolute atomic E-state index is 11.7. The van der Waals surface area contributed by atoms with E-state index in [4.69, 9.17) is 13.7 Å². The standard InChI is InChI=1S/C31H29NO5/c1-2-7-24-27(14-13-25-29(32-37-30(24)25)19-8-4-3-5-9-19)35-17-16-20-18-26-21-10-6-11-23(31(33)34)22(21)12-15-28(26)36-20/h3-5,8-9,12-15,18,23H,2,6-7,10-11,16-17H2,1H3,(H,33,34). The van der Waals surface area contributed by atoms with Crippen molar-refractivity contribution < 1.29 is 23.6 Å². The molecular formula is C31H29NO5. The lowest BCUT2D eigenvalue weighted by atomic mass is 9.81. The molecule has 0 bridgehead atoms. The number of furan rings is 1. The molecule has 1 aliphatic rings. The number of aryl methyl sites for hydroxylation is 2. The van der Waals surface area contributed by atoms with Crippen LogP contribution in [0.2, 0.25) is 0 Å². The Balaban J connectivity index is 1.23. The van der Waals surface area contributed by atoms with Gasteiger partial charge < -0.3 is 18.8 Å². The minimum absolute atomic E-state index is 0.430. The maximum atomic E-state index is 11.7. The Hall–Kier alpha value is -4.06. The number of aliphatic carboxylic acids is 1. The summed E-state index contributed by atoms with van der Waals surface area (Å²) in [5, 5.41) is 16.0. The minimum atomic E-state index is -0.750. The van der Waals surface area contributed by atoms with E-state index < -0.39 is 11.9 Å². The van der Waals surface area contributed by atoms with Crippen LogP contribution in [0.15, 0.2) is 69.6 Å². The molecule has 0 saturated heterocycles. The largest absolute Gasteiger partial charge is 0.493 e. The summed E-state index contributed by atoms with van der Waals surface area (Å²) in [6.07, 6.45) is 4.86. The molecule has 5 aromatic rings. The highest BCUT2D eigenvalue weighted by atomic mass is 16.5. The molecule has 1 N–H and O–H groups in total. The van der Waals surface area contributed by atoms with Crippen molar-refractivity contribution in [3.8, 4) is 17.0 Å². The molecule has 37 heavy (non-hydrogen) atoms. The van der Waals surface area contributed by atoms with Crippen LogP contribution in [0.25, 0.3) is 33.2 Å². The Bertz CT molecular complexity index is 1580. The average molecular weight is 496 g/mol. The van der Waals surface area contributed by atoms with Gasteiger partial charge in [0.1, 0.15) is 22.8 Å². The number of nitrogens with zero attached hydrogens (tertiary/aromatic N) is 1. The average Bonchev–Trinajstić information content (AvgIpc) is 3.54. The van der Waals surface area contributed by atoms with E-state index >= 15 is 0 Å². The smallest absolute Gasteiger partial charge is 0.310 e. The van der Waals surface area contributed by atoms with Gasteiger partial charge in [-0.2, -0.15) is 0 Å². The fraction of sp³-hybridized carbons (Fsp3) is 0.290. The predicted molar refractivity (Wildman–Crippen MR) is 142 cm³/mol. The van der Waals surface area contributed by atoms with E-state index in [9.17, 15) is 9.90 Å². The summed E-state index contributed by atoms with van der Waals surface area (Å²) in [4.78, 5) is 11.7. The number of carboxylic acids is 1. The third-order valence-electron chi connectivity index (χ3n) is 7.35. The molecule has 0 spiro atoms. The van der Waals surface area contributed by atoms with Crippen molar-refractivity contribution in [2.24, 2.45) is 0 Å². The summed E-state index contributed by atoms with van der Waals surface area (Å²) < 4.78 is 18.2. The Labute approximate surface area is 214 Å². The number of carboxylic acid groups (broad SMARTS) is 1. The van der Waals surface area contributed by atoms with E-state index in [-0.39, 0.29) is 0 Å². The van der Waals surface area contributed by atoms with Crippen molar-refractivity contribution in [3.05, 3.63) is 83.1 Å². The molecule has 1 unspecified atom stereocenters. The quantitative estimate of drug-likeness (QED) is 0.243. The number of rotatable bonds is 8. The molecule has 3 aromatic carbocycles. The van der Waals surface area contributed by atoms with Crippen molar-refractivity contribution in [1.29, 1.82) is 0 Å². The molecule has 0 aliphatic heterocycles. The number of aromatic nitrogens is 1. The zero-order valence-electron chi connectivity index (χ0n) is 20.8. The summed E-state index contributed by atoms with van der Waals surface area (Å²) >= 11 is 0. The van der Waals surface area contributed by atoms with Gasteiger partial charge in [-0.25, -0.2) is 0 Å². The molecule has 1 atom stereocenters. The highest BCUT2D eigenvalue weighted by molar-refractivity contribution is 5.94. The third-order valence-corrected chi connectivity index (χ3v) is 7.35. The lowest BCUT2D eigenvalue weighted by Gasteiger charge is -2.22. The van der Waals surface area contributed by atoms with Crippen LogP contribution in [0, 0.1) is 0 Å². The van der Waals surface area contributed by atoms with E-state index in [2.05, 4.69) is 18.1 Å². The molecule has 6 heteroatoms. The number of hydrogen-bond donors (Lipinski definition) is 1. The van der Waals surface area contributed by atoms with Crippen molar-refractivity contribution in [1.82, 2.24) is 5.16 Å². The van der Waals surface area contributed by atoms with Gasteiger partial charge >= 0.3 is 5.97 Å². The van der Waals surface area contributed by atoms with Gasteiger partial charge in [0.25, 0.3) is 0 Å². The normalized spacial score (nSPS) is 15.2. The first kappa shape index (κ1) is 23.3. The molecule has 6 nitrogen and oxygen atoms in total. The van der Waals surface area contributed by atoms with Crippen molar-refractivity contribution in [2.75, 3.05) is 6.61 Å². The van der Waals surface area contributed by atoms with Crippen LogP contribution in [0.4, 0.5) is 0 Å². The van der Waals surface area contributed by atoms with Crippen LogP contribution in [0.3, 0.4) is 0 Å². The molecule has 0 amide bonds. The highest BCUT2D eigenvalue weighted by Gasteiger charge is 2.28. The van der Waals surface area contributed by atoms with Gasteiger partial charge in [-0.05, 0) is 61.1 Å². The van der Waals surface area contributed by atoms with E-state index in [0.29, 0.717) is 19.4 Å². The lowest BCUT2D eigenvalue weighted by molar-refractivity contribution is -0.139. The highest BCUT2D eigenvalue weighted by Crippen LogP contribution is 2.38. The first-order valence-corrected chi connectivity index (χ1v) is 13.0. The second-order valence-electron chi connectivity index (χ2n) is 9.71. The van der Waals surface area contributed by atoms with Gasteiger partial charge in [-0.15, -0.1) is 0 Å². The number of fused-ring (bicyclic) bond motifs is 4. The molecule has 1 aliphatic carbocycles. The molecule has 0 fully saturated rings. The van der Waals surface area contributed by atoms with Crippen LogP contribution >= 0.6 is 0 Å². The fourth-order valence-corrected chi connectivity index (χ4v) is 5.59. The first-order chi connectivity index (χ1) is 18.1. The number of benzene rings is 3. The van der Waals surface area contributed by atoms with Crippen molar-refractivity contribution in [2.45, 2.75) is 51.4 Å². The zero-order valence-corrected chi connectivity index (χ0v) is 20.8. The van der Waals surface area contributed by atoms with Crippen LogP contribution < -0.4 is 4.74 Å². The molecule has 2 heterocycles. The van der Waals surface area contributed by atoms with Crippen LogP contribution in [0.5, 0.6) is 5.75 Å².